The predicted octanol–water partition coefficient (Wildman–Crippen LogP) is 9.21. The summed E-state index contributed by atoms with van der Waals surface area (Å²) in [6.45, 7) is 0. The van der Waals surface area contributed by atoms with Crippen molar-refractivity contribution in [1.29, 1.82) is 0 Å². The zero-order chi connectivity index (χ0) is 25.2. The smallest absolute Gasteiger partial charge is 0.123 e. The van der Waals surface area contributed by atoms with Gasteiger partial charge in [0.2, 0.25) is 0 Å². The van der Waals surface area contributed by atoms with Gasteiger partial charge in [0, 0.05) is 32.5 Å². The second kappa shape index (κ2) is 9.96. The second-order valence-corrected chi connectivity index (χ2v) is 10.2. The van der Waals surface area contributed by atoms with E-state index in [2.05, 4.69) is 78.9 Å². The van der Waals surface area contributed by atoms with E-state index in [-0.39, 0.29) is 5.75 Å². The largest absolute Gasteiger partial charge is 0.507 e. The van der Waals surface area contributed by atoms with Crippen LogP contribution in [0.5, 0.6) is 11.5 Å². The van der Waals surface area contributed by atoms with Gasteiger partial charge < -0.3 is 9.84 Å². The maximum Gasteiger partial charge on any atom is 0.123 e. The first-order chi connectivity index (χ1) is 18.2. The van der Waals surface area contributed by atoms with Crippen LogP contribution in [0.25, 0.3) is 43.5 Å². The van der Waals surface area contributed by atoms with Crippen LogP contribution in [-0.4, -0.2) is 12.2 Å². The minimum atomic E-state index is 0.265. The highest BCUT2D eigenvalue weighted by molar-refractivity contribution is 7.19. The summed E-state index contributed by atoms with van der Waals surface area (Å²) >= 11 is 1.88. The van der Waals surface area contributed by atoms with Crippen LogP contribution in [0.4, 0.5) is 0 Å². The summed E-state index contributed by atoms with van der Waals surface area (Å²) in [4.78, 5) is 1.38. The monoisotopic (exact) mass is 498 g/mol. The van der Waals surface area contributed by atoms with E-state index in [1.807, 2.05) is 47.7 Å². The lowest BCUT2D eigenvalue weighted by molar-refractivity contribution is 0.415. The summed E-state index contributed by atoms with van der Waals surface area (Å²) in [5.74, 6) is 1.06. The van der Waals surface area contributed by atoms with Crippen LogP contribution in [0.15, 0.2) is 121 Å². The molecule has 0 amide bonds. The maximum absolute atomic E-state index is 10.6. The van der Waals surface area contributed by atoms with E-state index in [0.717, 1.165) is 34.4 Å². The minimum absolute atomic E-state index is 0.265. The van der Waals surface area contributed by atoms with Gasteiger partial charge >= 0.3 is 0 Å². The Labute approximate surface area is 221 Å². The Kier molecular flexibility index (Phi) is 6.21. The molecule has 180 valence electrons. The third-order valence-electron chi connectivity index (χ3n) is 6.78. The summed E-state index contributed by atoms with van der Waals surface area (Å²) in [5.41, 5.74) is 7.80. The normalized spacial score (nSPS) is 11.1. The fraction of sp³-hybridized carbons (Fsp3) is 0.0588. The zero-order valence-corrected chi connectivity index (χ0v) is 21.3. The number of rotatable bonds is 6. The van der Waals surface area contributed by atoms with Gasteiger partial charge in [-0.3, -0.25) is 0 Å². The quantitative estimate of drug-likeness (QED) is 0.248. The summed E-state index contributed by atoms with van der Waals surface area (Å²) in [6, 6.07) is 41.7. The van der Waals surface area contributed by atoms with Gasteiger partial charge in [0.25, 0.3) is 0 Å². The molecule has 0 aliphatic rings. The van der Waals surface area contributed by atoms with E-state index in [0.29, 0.717) is 0 Å². The zero-order valence-electron chi connectivity index (χ0n) is 20.5. The second-order valence-electron chi connectivity index (χ2n) is 9.10. The first-order valence-corrected chi connectivity index (χ1v) is 13.1. The van der Waals surface area contributed by atoms with Crippen LogP contribution >= 0.6 is 11.3 Å². The fourth-order valence-corrected chi connectivity index (χ4v) is 6.13. The highest BCUT2D eigenvalue weighted by Gasteiger charge is 2.15. The molecule has 0 aliphatic heterocycles. The van der Waals surface area contributed by atoms with Gasteiger partial charge in [-0.2, -0.15) is 0 Å². The van der Waals surface area contributed by atoms with Gasteiger partial charge in [0.15, 0.2) is 0 Å². The standard InChI is InChI=1S/C34H26O2S/c1-36-28-18-15-25(16-19-28)30-22-27(17-20-31(30)35)24-11-13-26(14-12-24)34-29-9-5-6-10-32(29)37-33(34)21-23-7-3-2-4-8-23/h2-20,22,35H,21H2,1H3. The molecule has 3 heteroatoms. The summed E-state index contributed by atoms with van der Waals surface area (Å²) in [7, 11) is 1.65. The number of fused-ring (bicyclic) bond motifs is 1. The molecule has 0 aliphatic carbocycles. The van der Waals surface area contributed by atoms with Gasteiger partial charge in [0.1, 0.15) is 11.5 Å². The lowest BCUT2D eigenvalue weighted by Crippen LogP contribution is -1.88. The van der Waals surface area contributed by atoms with Crippen molar-refractivity contribution in [2.45, 2.75) is 6.42 Å². The summed E-state index contributed by atoms with van der Waals surface area (Å²) in [6.07, 6.45) is 0.917. The Morgan fingerprint density at radius 3 is 2.05 bits per heavy atom. The predicted molar refractivity (Wildman–Crippen MR) is 156 cm³/mol. The molecular weight excluding hydrogens is 472 g/mol. The van der Waals surface area contributed by atoms with Crippen LogP contribution in [0.2, 0.25) is 0 Å². The van der Waals surface area contributed by atoms with Crippen molar-refractivity contribution in [3.8, 4) is 44.9 Å². The Hall–Kier alpha value is -4.34. The number of phenolic OH excluding ortho intramolecular Hbond substituents is 1. The van der Waals surface area contributed by atoms with Gasteiger partial charge in [-0.25, -0.2) is 0 Å². The molecule has 0 saturated carbocycles. The fourth-order valence-electron chi connectivity index (χ4n) is 4.87. The first kappa shape index (κ1) is 23.1. The molecule has 1 aromatic heterocycles. The minimum Gasteiger partial charge on any atom is -0.507 e. The molecule has 0 saturated heterocycles. The van der Waals surface area contributed by atoms with Crippen LogP contribution < -0.4 is 4.74 Å². The molecule has 0 radical (unpaired) electrons. The molecule has 0 fully saturated rings. The molecule has 0 unspecified atom stereocenters. The molecular formula is C34H26O2S. The van der Waals surface area contributed by atoms with Crippen molar-refractivity contribution in [2.75, 3.05) is 7.11 Å². The molecule has 1 N–H and O–H groups in total. The van der Waals surface area contributed by atoms with Crippen molar-refractivity contribution in [1.82, 2.24) is 0 Å². The molecule has 5 aromatic carbocycles. The molecule has 0 bridgehead atoms. The van der Waals surface area contributed by atoms with Crippen LogP contribution in [0.3, 0.4) is 0 Å². The van der Waals surface area contributed by atoms with Crippen molar-refractivity contribution in [3.05, 3.63) is 132 Å². The molecule has 6 aromatic rings. The van der Waals surface area contributed by atoms with Crippen LogP contribution in [-0.2, 0) is 6.42 Å². The lowest BCUT2D eigenvalue weighted by Gasteiger charge is -2.11. The first-order valence-electron chi connectivity index (χ1n) is 12.3. The number of thiophene rings is 1. The molecule has 0 atom stereocenters. The molecule has 0 spiro atoms. The summed E-state index contributed by atoms with van der Waals surface area (Å²) < 4.78 is 6.59. The molecule has 37 heavy (non-hydrogen) atoms. The van der Waals surface area contributed by atoms with Gasteiger partial charge in [0.05, 0.1) is 7.11 Å². The van der Waals surface area contributed by atoms with Gasteiger partial charge in [-0.15, -0.1) is 11.3 Å². The number of phenols is 1. The van der Waals surface area contributed by atoms with Crippen LogP contribution in [0, 0.1) is 0 Å². The average molecular weight is 499 g/mol. The maximum atomic E-state index is 10.6. The van der Waals surface area contributed by atoms with E-state index in [1.54, 1.807) is 13.2 Å². The number of hydrogen-bond acceptors (Lipinski definition) is 3. The van der Waals surface area contributed by atoms with E-state index in [9.17, 15) is 5.11 Å². The third kappa shape index (κ3) is 4.62. The number of aromatic hydroxyl groups is 1. The number of ether oxygens (including phenoxy) is 1. The Morgan fingerprint density at radius 2 is 1.30 bits per heavy atom. The molecule has 1 heterocycles. The topological polar surface area (TPSA) is 29.5 Å². The van der Waals surface area contributed by atoms with Crippen LogP contribution in [0.1, 0.15) is 10.4 Å². The highest BCUT2D eigenvalue weighted by atomic mass is 32.1. The van der Waals surface area contributed by atoms with Crippen molar-refractivity contribution in [2.24, 2.45) is 0 Å². The van der Waals surface area contributed by atoms with Crippen molar-refractivity contribution >= 4 is 21.4 Å². The van der Waals surface area contributed by atoms with Crippen molar-refractivity contribution < 1.29 is 9.84 Å². The molecule has 6 rings (SSSR count). The lowest BCUT2D eigenvalue weighted by atomic mass is 9.95. The van der Waals surface area contributed by atoms with E-state index in [1.165, 1.54) is 31.7 Å². The number of hydrogen-bond donors (Lipinski definition) is 1. The summed E-state index contributed by atoms with van der Waals surface area (Å²) in [5, 5.41) is 11.9. The average Bonchev–Trinajstić information content (AvgIpc) is 3.32. The van der Waals surface area contributed by atoms with E-state index < -0.39 is 0 Å². The number of methoxy groups -OCH3 is 1. The number of benzene rings is 5. The Morgan fingerprint density at radius 1 is 0.649 bits per heavy atom. The van der Waals surface area contributed by atoms with Gasteiger partial charge in [-0.05, 0) is 58.1 Å². The highest BCUT2D eigenvalue weighted by Crippen LogP contribution is 2.41. The third-order valence-corrected chi connectivity index (χ3v) is 7.95. The Bertz CT molecular complexity index is 1660. The Balaban J connectivity index is 1.37. The molecule has 2 nitrogen and oxygen atoms in total. The van der Waals surface area contributed by atoms with Gasteiger partial charge in [-0.1, -0.05) is 91.0 Å². The SMILES string of the molecule is COc1ccc(-c2cc(-c3ccc(-c4c(Cc5ccccc5)sc5ccccc45)cc3)ccc2O)cc1. The van der Waals surface area contributed by atoms with E-state index in [4.69, 9.17) is 4.74 Å². The van der Waals surface area contributed by atoms with E-state index >= 15 is 0 Å². The van der Waals surface area contributed by atoms with Crippen molar-refractivity contribution in [3.63, 3.8) is 0 Å².